The van der Waals surface area contributed by atoms with Gasteiger partial charge in [-0.25, -0.2) is 0 Å². The fourth-order valence-electron chi connectivity index (χ4n) is 8.94. The molecule has 11 rings (SSSR count). The van der Waals surface area contributed by atoms with E-state index >= 15 is 0 Å². The summed E-state index contributed by atoms with van der Waals surface area (Å²) in [6, 6.07) is 72.7. The molecule has 9 aromatic carbocycles. The van der Waals surface area contributed by atoms with Gasteiger partial charge in [-0.2, -0.15) is 0 Å². The monoisotopic (exact) mass is 675 g/mol. The Morgan fingerprint density at radius 2 is 0.830 bits per heavy atom. The molecule has 9 aromatic rings. The van der Waals surface area contributed by atoms with Crippen LogP contribution in [0.4, 0.5) is 17.1 Å². The lowest BCUT2D eigenvalue weighted by Gasteiger charge is -2.39. The first kappa shape index (κ1) is 29.8. The Morgan fingerprint density at radius 1 is 0.321 bits per heavy atom. The van der Waals surface area contributed by atoms with Gasteiger partial charge in [0.2, 0.25) is 0 Å². The molecule has 0 radical (unpaired) electrons. The van der Waals surface area contributed by atoms with Crippen LogP contribution in [0.3, 0.4) is 0 Å². The minimum Gasteiger partial charge on any atom is -0.457 e. The van der Waals surface area contributed by atoms with E-state index in [0.29, 0.717) is 0 Å². The second-order valence-electron chi connectivity index (χ2n) is 14.1. The molecule has 53 heavy (non-hydrogen) atoms. The van der Waals surface area contributed by atoms with Crippen LogP contribution in [0.15, 0.2) is 200 Å². The molecule has 0 N–H and O–H groups in total. The van der Waals surface area contributed by atoms with Gasteiger partial charge in [0.25, 0.3) is 0 Å². The minimum absolute atomic E-state index is 0.472. The summed E-state index contributed by atoms with van der Waals surface area (Å²) >= 11 is 0. The summed E-state index contributed by atoms with van der Waals surface area (Å²) in [5, 5.41) is 4.90. The molecule has 0 atom stereocenters. The topological polar surface area (TPSA) is 12.5 Å². The molecule has 1 heterocycles. The van der Waals surface area contributed by atoms with Crippen LogP contribution in [0, 0.1) is 0 Å². The Labute approximate surface area is 308 Å². The summed E-state index contributed by atoms with van der Waals surface area (Å²) in [5.41, 5.74) is 12.7. The lowest BCUT2D eigenvalue weighted by Crippen LogP contribution is -2.32. The van der Waals surface area contributed by atoms with Crippen molar-refractivity contribution in [2.45, 2.75) is 5.41 Å². The van der Waals surface area contributed by atoms with Crippen molar-refractivity contribution in [3.05, 3.63) is 222 Å². The van der Waals surface area contributed by atoms with Crippen LogP contribution in [0.5, 0.6) is 11.5 Å². The number of fused-ring (bicyclic) bond motifs is 11. The molecular formula is C51H33NO. The number of ether oxygens (including phenoxy) is 1. The van der Waals surface area contributed by atoms with E-state index in [4.69, 9.17) is 4.74 Å². The molecule has 1 aliphatic heterocycles. The van der Waals surface area contributed by atoms with E-state index in [1.807, 2.05) is 0 Å². The summed E-state index contributed by atoms with van der Waals surface area (Å²) in [5.74, 6) is 1.82. The van der Waals surface area contributed by atoms with Gasteiger partial charge in [-0.05, 0) is 110 Å². The molecule has 2 nitrogen and oxygen atoms in total. The van der Waals surface area contributed by atoms with Crippen LogP contribution in [0.25, 0.3) is 43.8 Å². The van der Waals surface area contributed by atoms with Gasteiger partial charge in [0.05, 0.1) is 5.41 Å². The van der Waals surface area contributed by atoms with Crippen LogP contribution in [-0.4, -0.2) is 0 Å². The fraction of sp³-hybridized carbons (Fsp3) is 0.0196. The van der Waals surface area contributed by atoms with Crippen molar-refractivity contribution >= 4 is 38.6 Å². The summed E-state index contributed by atoms with van der Waals surface area (Å²) in [6.45, 7) is 0. The maximum absolute atomic E-state index is 6.54. The summed E-state index contributed by atoms with van der Waals surface area (Å²) < 4.78 is 6.54. The second-order valence-corrected chi connectivity index (χ2v) is 14.1. The van der Waals surface area contributed by atoms with E-state index in [1.54, 1.807) is 0 Å². The molecule has 0 saturated carbocycles. The fourth-order valence-corrected chi connectivity index (χ4v) is 8.94. The van der Waals surface area contributed by atoms with Gasteiger partial charge in [0.15, 0.2) is 0 Å². The highest BCUT2D eigenvalue weighted by atomic mass is 16.5. The van der Waals surface area contributed by atoms with Gasteiger partial charge in [-0.1, -0.05) is 146 Å². The molecule has 2 heteroatoms. The summed E-state index contributed by atoms with van der Waals surface area (Å²) in [6.07, 6.45) is 0. The zero-order valence-corrected chi connectivity index (χ0v) is 28.9. The zero-order valence-electron chi connectivity index (χ0n) is 28.9. The predicted molar refractivity (Wildman–Crippen MR) is 219 cm³/mol. The molecule has 0 unspecified atom stereocenters. The number of benzene rings is 9. The van der Waals surface area contributed by atoms with Crippen LogP contribution in [0.1, 0.15) is 22.3 Å². The number of hydrogen-bond acceptors (Lipinski definition) is 2. The highest BCUT2D eigenvalue weighted by Crippen LogP contribution is 2.62. The molecule has 2 aliphatic rings. The number of hydrogen-bond donors (Lipinski definition) is 0. The molecule has 0 fully saturated rings. The third-order valence-electron chi connectivity index (χ3n) is 11.3. The van der Waals surface area contributed by atoms with Gasteiger partial charge in [-0.15, -0.1) is 0 Å². The van der Waals surface area contributed by atoms with Gasteiger partial charge >= 0.3 is 0 Å². The maximum atomic E-state index is 6.54. The number of nitrogens with zero attached hydrogens (tertiary/aromatic N) is 1. The molecule has 0 amide bonds. The van der Waals surface area contributed by atoms with Crippen molar-refractivity contribution in [1.29, 1.82) is 0 Å². The minimum atomic E-state index is -0.472. The van der Waals surface area contributed by atoms with Crippen molar-refractivity contribution in [3.63, 3.8) is 0 Å². The predicted octanol–water partition coefficient (Wildman–Crippen LogP) is 13.6. The van der Waals surface area contributed by atoms with Gasteiger partial charge in [-0.3, -0.25) is 0 Å². The Kier molecular flexibility index (Phi) is 6.50. The van der Waals surface area contributed by atoms with Crippen molar-refractivity contribution in [3.8, 4) is 33.8 Å². The number of para-hydroxylation sites is 2. The smallest absolute Gasteiger partial charge is 0.132 e. The van der Waals surface area contributed by atoms with E-state index in [-0.39, 0.29) is 0 Å². The average Bonchev–Trinajstić information content (AvgIpc) is 3.51. The van der Waals surface area contributed by atoms with E-state index in [9.17, 15) is 0 Å². The summed E-state index contributed by atoms with van der Waals surface area (Å²) in [7, 11) is 0. The lowest BCUT2D eigenvalue weighted by molar-refractivity contribution is 0.436. The van der Waals surface area contributed by atoms with Gasteiger partial charge < -0.3 is 9.64 Å². The van der Waals surface area contributed by atoms with Crippen LogP contribution in [-0.2, 0) is 5.41 Å². The first-order chi connectivity index (χ1) is 26.3. The molecular weight excluding hydrogens is 643 g/mol. The highest BCUT2D eigenvalue weighted by Gasteiger charge is 2.50. The maximum Gasteiger partial charge on any atom is 0.132 e. The molecule has 1 spiro atoms. The molecule has 1 aliphatic carbocycles. The SMILES string of the molecule is c1cc(-c2ccc3c(c2)-c2ccccc2C32c3ccccc3Oc3ccccc32)cc(N(c2ccc3ccccc3c2)c2ccc3ccccc3c2)c1. The Morgan fingerprint density at radius 3 is 1.49 bits per heavy atom. The van der Waals surface area contributed by atoms with Crippen molar-refractivity contribution in [2.24, 2.45) is 0 Å². The molecule has 248 valence electrons. The lowest BCUT2D eigenvalue weighted by atomic mass is 9.66. The number of anilines is 3. The second kappa shape index (κ2) is 11.6. The van der Waals surface area contributed by atoms with Gasteiger partial charge in [0, 0.05) is 28.2 Å². The van der Waals surface area contributed by atoms with E-state index in [1.165, 1.54) is 66.1 Å². The third kappa shape index (κ3) is 4.46. The first-order valence-corrected chi connectivity index (χ1v) is 18.3. The van der Waals surface area contributed by atoms with E-state index in [2.05, 4.69) is 205 Å². The largest absolute Gasteiger partial charge is 0.457 e. The Bertz CT molecular complexity index is 2780. The highest BCUT2D eigenvalue weighted by molar-refractivity contribution is 5.94. The van der Waals surface area contributed by atoms with E-state index in [0.717, 1.165) is 28.6 Å². The van der Waals surface area contributed by atoms with Crippen molar-refractivity contribution in [1.82, 2.24) is 0 Å². The van der Waals surface area contributed by atoms with Crippen molar-refractivity contribution in [2.75, 3.05) is 4.90 Å². The molecule has 0 aromatic heterocycles. The van der Waals surface area contributed by atoms with E-state index < -0.39 is 5.41 Å². The quantitative estimate of drug-likeness (QED) is 0.184. The molecule has 0 saturated heterocycles. The first-order valence-electron chi connectivity index (χ1n) is 18.3. The third-order valence-corrected chi connectivity index (χ3v) is 11.3. The number of rotatable bonds is 4. The van der Waals surface area contributed by atoms with Crippen molar-refractivity contribution < 1.29 is 4.74 Å². The standard InChI is InChI=1S/C51H33NO/c1-3-14-36-30-41(27-24-34(36)12-1)52(42-28-25-35-13-2-4-15-37(35)31-42)40-17-11-16-38(32-40)39-26-29-46-44(33-39)43-18-5-6-19-45(43)51(46)47-20-7-9-22-49(47)53-50-23-10-8-21-48(50)51/h1-33H. The zero-order chi connectivity index (χ0) is 34.9. The normalized spacial score (nSPS) is 13.2. The Hall–Kier alpha value is -6.90. The van der Waals surface area contributed by atoms with Crippen LogP contribution in [0.2, 0.25) is 0 Å². The van der Waals surface area contributed by atoms with Crippen LogP contribution >= 0.6 is 0 Å². The summed E-state index contributed by atoms with van der Waals surface area (Å²) in [4.78, 5) is 2.38. The molecule has 0 bridgehead atoms. The van der Waals surface area contributed by atoms with Crippen LogP contribution < -0.4 is 9.64 Å². The average molecular weight is 676 g/mol. The van der Waals surface area contributed by atoms with Gasteiger partial charge in [0.1, 0.15) is 11.5 Å². The Balaban J connectivity index is 1.09.